The highest BCUT2D eigenvalue weighted by Gasteiger charge is 2.30. The summed E-state index contributed by atoms with van der Waals surface area (Å²) in [5.74, 6) is -0.629. The lowest BCUT2D eigenvalue weighted by Gasteiger charge is -2.34. The Bertz CT molecular complexity index is 820. The standard InChI is InChI=1S/C18H17F3N4O3/c19-18(20,21)14-4-2-13(3-5-14)16(27)28-12-15(26)24-8-10-25(11-9-24)17-22-6-1-7-23-17/h1-7H,8-12H2. The molecule has 1 amide bonds. The van der Waals surface area contributed by atoms with E-state index in [1.807, 2.05) is 4.90 Å². The molecule has 2 aromatic rings. The first-order chi connectivity index (χ1) is 13.3. The van der Waals surface area contributed by atoms with Crippen LogP contribution in [0.3, 0.4) is 0 Å². The Hall–Kier alpha value is -3.17. The highest BCUT2D eigenvalue weighted by atomic mass is 19.4. The van der Waals surface area contributed by atoms with Crippen molar-refractivity contribution in [2.75, 3.05) is 37.7 Å². The Kier molecular flexibility index (Phi) is 5.76. The predicted molar refractivity (Wildman–Crippen MR) is 92.6 cm³/mol. The highest BCUT2D eigenvalue weighted by molar-refractivity contribution is 5.91. The number of hydrogen-bond acceptors (Lipinski definition) is 6. The van der Waals surface area contributed by atoms with Crippen LogP contribution in [-0.4, -0.2) is 59.5 Å². The summed E-state index contributed by atoms with van der Waals surface area (Å²) in [6.45, 7) is 1.47. The van der Waals surface area contributed by atoms with Crippen LogP contribution in [-0.2, 0) is 15.7 Å². The number of carbonyl (C=O) groups is 2. The summed E-state index contributed by atoms with van der Waals surface area (Å²) >= 11 is 0. The number of ether oxygens (including phenoxy) is 1. The maximum Gasteiger partial charge on any atom is 0.416 e. The number of alkyl halides is 3. The maximum atomic E-state index is 12.5. The van der Waals surface area contributed by atoms with E-state index in [9.17, 15) is 22.8 Å². The molecule has 1 aliphatic rings. The van der Waals surface area contributed by atoms with Gasteiger partial charge < -0.3 is 14.5 Å². The van der Waals surface area contributed by atoms with Crippen LogP contribution in [0, 0.1) is 0 Å². The van der Waals surface area contributed by atoms with Gasteiger partial charge in [-0.3, -0.25) is 4.79 Å². The van der Waals surface area contributed by atoms with Crippen LogP contribution < -0.4 is 4.90 Å². The fourth-order valence-corrected chi connectivity index (χ4v) is 2.71. The van der Waals surface area contributed by atoms with Gasteiger partial charge in [0.25, 0.3) is 5.91 Å². The zero-order valence-corrected chi connectivity index (χ0v) is 14.7. The van der Waals surface area contributed by atoms with Crippen LogP contribution in [0.2, 0.25) is 0 Å². The van der Waals surface area contributed by atoms with E-state index in [1.165, 1.54) is 0 Å². The number of amides is 1. The van der Waals surface area contributed by atoms with Gasteiger partial charge in [-0.15, -0.1) is 0 Å². The minimum Gasteiger partial charge on any atom is -0.452 e. The number of halogens is 3. The number of benzene rings is 1. The fraction of sp³-hybridized carbons (Fsp3) is 0.333. The first-order valence-corrected chi connectivity index (χ1v) is 8.49. The molecule has 0 saturated carbocycles. The van der Waals surface area contributed by atoms with Gasteiger partial charge in [-0.25, -0.2) is 14.8 Å². The highest BCUT2D eigenvalue weighted by Crippen LogP contribution is 2.29. The number of hydrogen-bond donors (Lipinski definition) is 0. The zero-order chi connectivity index (χ0) is 20.1. The molecule has 2 heterocycles. The number of carbonyl (C=O) groups excluding carboxylic acids is 2. The summed E-state index contributed by atoms with van der Waals surface area (Å²) in [5, 5.41) is 0. The van der Waals surface area contributed by atoms with Gasteiger partial charge in [0.15, 0.2) is 6.61 Å². The molecule has 10 heteroatoms. The second-order valence-corrected chi connectivity index (χ2v) is 6.07. The van der Waals surface area contributed by atoms with Gasteiger partial charge in [0.05, 0.1) is 11.1 Å². The number of anilines is 1. The molecule has 1 aromatic carbocycles. The molecule has 0 spiro atoms. The van der Waals surface area contributed by atoms with Crippen molar-refractivity contribution in [3.05, 3.63) is 53.9 Å². The summed E-state index contributed by atoms with van der Waals surface area (Å²) in [4.78, 5) is 36.0. The SMILES string of the molecule is O=C(OCC(=O)N1CCN(c2ncccn2)CC1)c1ccc(C(F)(F)F)cc1. The van der Waals surface area contributed by atoms with Crippen molar-refractivity contribution in [3.63, 3.8) is 0 Å². The van der Waals surface area contributed by atoms with E-state index in [1.54, 1.807) is 23.4 Å². The molecule has 28 heavy (non-hydrogen) atoms. The molecule has 1 aliphatic heterocycles. The second kappa shape index (κ2) is 8.24. The van der Waals surface area contributed by atoms with Crippen LogP contribution in [0.1, 0.15) is 15.9 Å². The molecule has 0 N–H and O–H groups in total. The van der Waals surface area contributed by atoms with E-state index in [4.69, 9.17) is 4.74 Å². The van der Waals surface area contributed by atoms with Gasteiger partial charge in [-0.2, -0.15) is 13.2 Å². The van der Waals surface area contributed by atoms with E-state index in [-0.39, 0.29) is 11.5 Å². The zero-order valence-electron chi connectivity index (χ0n) is 14.7. The molecule has 148 valence electrons. The third-order valence-corrected chi connectivity index (χ3v) is 4.24. The summed E-state index contributed by atoms with van der Waals surface area (Å²) in [7, 11) is 0. The minimum absolute atomic E-state index is 0.0492. The van der Waals surface area contributed by atoms with Crippen molar-refractivity contribution in [2.45, 2.75) is 6.18 Å². The van der Waals surface area contributed by atoms with Gasteiger partial charge in [-0.05, 0) is 30.3 Å². The van der Waals surface area contributed by atoms with Gasteiger partial charge in [-0.1, -0.05) is 0 Å². The van der Waals surface area contributed by atoms with Crippen LogP contribution >= 0.6 is 0 Å². The topological polar surface area (TPSA) is 75.6 Å². The van der Waals surface area contributed by atoms with Gasteiger partial charge in [0.2, 0.25) is 5.95 Å². The Labute approximate surface area is 158 Å². The lowest BCUT2D eigenvalue weighted by atomic mass is 10.1. The number of esters is 1. The van der Waals surface area contributed by atoms with Crippen LogP contribution in [0.4, 0.5) is 19.1 Å². The van der Waals surface area contributed by atoms with Crippen LogP contribution in [0.15, 0.2) is 42.7 Å². The number of rotatable bonds is 4. The van der Waals surface area contributed by atoms with E-state index < -0.39 is 24.3 Å². The Morgan fingerprint density at radius 1 is 1.00 bits per heavy atom. The first kappa shape index (κ1) is 19.6. The molecule has 0 unspecified atom stereocenters. The molecule has 1 fully saturated rings. The monoisotopic (exact) mass is 394 g/mol. The molecule has 0 aliphatic carbocycles. The van der Waals surface area contributed by atoms with Crippen molar-refractivity contribution >= 4 is 17.8 Å². The van der Waals surface area contributed by atoms with Crippen LogP contribution in [0.25, 0.3) is 0 Å². The van der Waals surface area contributed by atoms with Gasteiger partial charge >= 0.3 is 12.1 Å². The van der Waals surface area contributed by atoms with E-state index in [2.05, 4.69) is 9.97 Å². The summed E-state index contributed by atoms with van der Waals surface area (Å²) < 4.78 is 42.5. The Morgan fingerprint density at radius 3 is 2.18 bits per heavy atom. The average Bonchev–Trinajstić information content (AvgIpc) is 2.72. The summed E-state index contributed by atoms with van der Waals surface area (Å²) in [5.41, 5.74) is -0.910. The maximum absolute atomic E-state index is 12.5. The first-order valence-electron chi connectivity index (χ1n) is 8.49. The third-order valence-electron chi connectivity index (χ3n) is 4.24. The van der Waals surface area contributed by atoms with Crippen molar-refractivity contribution in [2.24, 2.45) is 0 Å². The summed E-state index contributed by atoms with van der Waals surface area (Å²) in [6, 6.07) is 5.35. The second-order valence-electron chi connectivity index (χ2n) is 6.07. The number of aromatic nitrogens is 2. The van der Waals surface area contributed by atoms with Crippen molar-refractivity contribution in [1.82, 2.24) is 14.9 Å². The molecule has 0 radical (unpaired) electrons. The normalized spacial score (nSPS) is 14.7. The predicted octanol–water partition coefficient (Wildman–Crippen LogP) is 2.00. The van der Waals surface area contributed by atoms with E-state index in [0.29, 0.717) is 32.1 Å². The van der Waals surface area contributed by atoms with Crippen molar-refractivity contribution in [3.8, 4) is 0 Å². The van der Waals surface area contributed by atoms with Crippen molar-refractivity contribution in [1.29, 1.82) is 0 Å². The smallest absolute Gasteiger partial charge is 0.416 e. The number of nitrogens with zero attached hydrogens (tertiary/aromatic N) is 4. The average molecular weight is 394 g/mol. The molecule has 0 atom stereocenters. The molecular formula is C18H17F3N4O3. The molecule has 7 nitrogen and oxygen atoms in total. The molecule has 1 saturated heterocycles. The van der Waals surface area contributed by atoms with Crippen molar-refractivity contribution < 1.29 is 27.5 Å². The van der Waals surface area contributed by atoms with E-state index >= 15 is 0 Å². The molecule has 0 bridgehead atoms. The fourth-order valence-electron chi connectivity index (χ4n) is 2.71. The number of piperazine rings is 1. The lowest BCUT2D eigenvalue weighted by Crippen LogP contribution is -2.50. The minimum atomic E-state index is -4.48. The quantitative estimate of drug-likeness (QED) is 0.739. The van der Waals surface area contributed by atoms with E-state index in [0.717, 1.165) is 24.3 Å². The third kappa shape index (κ3) is 4.76. The summed E-state index contributed by atoms with van der Waals surface area (Å²) in [6.07, 6.45) is -1.20. The Morgan fingerprint density at radius 2 is 1.61 bits per heavy atom. The lowest BCUT2D eigenvalue weighted by molar-refractivity contribution is -0.137. The van der Waals surface area contributed by atoms with Crippen LogP contribution in [0.5, 0.6) is 0 Å². The largest absolute Gasteiger partial charge is 0.452 e. The molecule has 1 aromatic heterocycles. The Balaban J connectivity index is 1.47. The molecular weight excluding hydrogens is 377 g/mol. The van der Waals surface area contributed by atoms with Gasteiger partial charge in [0.1, 0.15) is 0 Å². The van der Waals surface area contributed by atoms with Gasteiger partial charge in [0, 0.05) is 38.6 Å². The molecule has 3 rings (SSSR count).